The first-order chi connectivity index (χ1) is 6.60. The van der Waals surface area contributed by atoms with Crippen molar-refractivity contribution in [1.82, 2.24) is 0 Å². The SMILES string of the molecule is CC(C)(C)c1cc(=O)cc(C(C)(C)C)s1. The second kappa shape index (κ2) is 3.75. The van der Waals surface area contributed by atoms with E-state index in [1.165, 1.54) is 9.75 Å². The fraction of sp³-hybridized carbons (Fsp3) is 0.615. The molecule has 2 heteroatoms. The van der Waals surface area contributed by atoms with E-state index in [-0.39, 0.29) is 16.3 Å². The van der Waals surface area contributed by atoms with Crippen LogP contribution in [0.1, 0.15) is 51.3 Å². The second-order valence-corrected chi connectivity index (χ2v) is 7.11. The summed E-state index contributed by atoms with van der Waals surface area (Å²) in [6.45, 7) is 12.9. The van der Waals surface area contributed by atoms with E-state index in [0.29, 0.717) is 0 Å². The highest BCUT2D eigenvalue weighted by Gasteiger charge is 2.20. The van der Waals surface area contributed by atoms with E-state index in [9.17, 15) is 4.79 Å². The van der Waals surface area contributed by atoms with Crippen molar-refractivity contribution in [2.24, 2.45) is 0 Å². The lowest BCUT2D eigenvalue weighted by Gasteiger charge is -2.23. The van der Waals surface area contributed by atoms with Gasteiger partial charge in [0.1, 0.15) is 0 Å². The minimum atomic E-state index is 0.0606. The molecule has 0 saturated heterocycles. The van der Waals surface area contributed by atoms with Gasteiger partial charge < -0.3 is 0 Å². The molecule has 0 aliphatic heterocycles. The van der Waals surface area contributed by atoms with Gasteiger partial charge in [0.15, 0.2) is 5.43 Å². The second-order valence-electron chi connectivity index (χ2n) is 6.02. The molecule has 84 valence electrons. The van der Waals surface area contributed by atoms with Gasteiger partial charge in [0, 0.05) is 9.75 Å². The van der Waals surface area contributed by atoms with Crippen LogP contribution in [0.25, 0.3) is 0 Å². The monoisotopic (exact) mass is 224 g/mol. The van der Waals surface area contributed by atoms with Gasteiger partial charge in [0.25, 0.3) is 0 Å². The molecule has 0 radical (unpaired) electrons. The molecule has 0 spiro atoms. The molecule has 0 unspecified atom stereocenters. The molecule has 0 amide bonds. The molecule has 0 fully saturated rings. The predicted octanol–water partition coefficient (Wildman–Crippen LogP) is 3.70. The maximum Gasteiger partial charge on any atom is 0.180 e. The zero-order chi connectivity index (χ0) is 11.9. The van der Waals surface area contributed by atoms with Gasteiger partial charge in [-0.15, -0.1) is 11.3 Å². The molecule has 1 nitrogen and oxygen atoms in total. The average Bonchev–Trinajstić information content (AvgIpc) is 1.99. The zero-order valence-electron chi connectivity index (χ0n) is 10.5. The van der Waals surface area contributed by atoms with E-state index in [2.05, 4.69) is 41.5 Å². The highest BCUT2D eigenvalue weighted by atomic mass is 32.1. The Kier molecular flexibility index (Phi) is 3.11. The maximum atomic E-state index is 11.6. The van der Waals surface area contributed by atoms with Gasteiger partial charge in [-0.1, -0.05) is 41.5 Å². The topological polar surface area (TPSA) is 17.1 Å². The van der Waals surface area contributed by atoms with Gasteiger partial charge in [0.05, 0.1) is 0 Å². The van der Waals surface area contributed by atoms with Crippen molar-refractivity contribution in [1.29, 1.82) is 0 Å². The largest absolute Gasteiger partial charge is 0.290 e. The van der Waals surface area contributed by atoms with Crippen molar-refractivity contribution >= 4 is 11.3 Å². The minimum absolute atomic E-state index is 0.0606. The minimum Gasteiger partial charge on any atom is -0.290 e. The standard InChI is InChI=1S/C13H20OS/c1-12(2,3)10-7-9(14)8-11(15-10)13(4,5)6/h7-8H,1-6H3. The fourth-order valence-electron chi connectivity index (χ4n) is 1.22. The van der Waals surface area contributed by atoms with Gasteiger partial charge in [-0.25, -0.2) is 0 Å². The molecular formula is C13H20OS. The van der Waals surface area contributed by atoms with Crippen molar-refractivity contribution < 1.29 is 0 Å². The van der Waals surface area contributed by atoms with E-state index in [0.717, 1.165) is 0 Å². The van der Waals surface area contributed by atoms with Gasteiger partial charge in [0.2, 0.25) is 0 Å². The summed E-state index contributed by atoms with van der Waals surface area (Å²) in [5.41, 5.74) is 0.250. The van der Waals surface area contributed by atoms with Crippen LogP contribution in [0.2, 0.25) is 0 Å². The van der Waals surface area contributed by atoms with Crippen LogP contribution >= 0.6 is 11.3 Å². The van der Waals surface area contributed by atoms with Gasteiger partial charge >= 0.3 is 0 Å². The Bertz CT molecular complexity index is 367. The van der Waals surface area contributed by atoms with Crippen LogP contribution in [0.4, 0.5) is 0 Å². The highest BCUT2D eigenvalue weighted by Crippen LogP contribution is 2.32. The zero-order valence-corrected chi connectivity index (χ0v) is 11.3. The predicted molar refractivity (Wildman–Crippen MR) is 68.0 cm³/mol. The maximum absolute atomic E-state index is 11.6. The first-order valence-corrected chi connectivity index (χ1v) is 6.08. The summed E-state index contributed by atoms with van der Waals surface area (Å²) in [4.78, 5) is 13.9. The third-order valence-electron chi connectivity index (χ3n) is 2.25. The van der Waals surface area contributed by atoms with Crippen molar-refractivity contribution in [2.75, 3.05) is 0 Å². The fourth-order valence-corrected chi connectivity index (χ4v) is 2.42. The third kappa shape index (κ3) is 3.16. The Labute approximate surface area is 96.2 Å². The summed E-state index contributed by atoms with van der Waals surface area (Å²) in [5.74, 6) is 0. The molecule has 0 saturated carbocycles. The van der Waals surface area contributed by atoms with Crippen LogP contribution in [0.3, 0.4) is 0 Å². The smallest absolute Gasteiger partial charge is 0.180 e. The van der Waals surface area contributed by atoms with Crippen molar-refractivity contribution in [3.05, 3.63) is 32.1 Å². The Hall–Kier alpha value is -0.630. The molecule has 15 heavy (non-hydrogen) atoms. The molecule has 0 N–H and O–H groups in total. The van der Waals surface area contributed by atoms with Gasteiger partial charge in [-0.3, -0.25) is 4.79 Å². The summed E-state index contributed by atoms with van der Waals surface area (Å²) in [5, 5.41) is 0. The summed E-state index contributed by atoms with van der Waals surface area (Å²) in [6.07, 6.45) is 0. The molecule has 0 aromatic carbocycles. The quantitative estimate of drug-likeness (QED) is 0.656. The molecule has 0 aliphatic carbocycles. The highest BCUT2D eigenvalue weighted by molar-refractivity contribution is 7.12. The molecular weight excluding hydrogens is 204 g/mol. The first kappa shape index (κ1) is 12.4. The van der Waals surface area contributed by atoms with Crippen molar-refractivity contribution in [3.63, 3.8) is 0 Å². The molecule has 0 atom stereocenters. The van der Waals surface area contributed by atoms with Gasteiger partial charge in [-0.2, -0.15) is 0 Å². The number of hydrogen-bond acceptors (Lipinski definition) is 2. The Morgan fingerprint density at radius 2 is 1.20 bits per heavy atom. The Morgan fingerprint density at radius 1 is 0.867 bits per heavy atom. The number of rotatable bonds is 0. The van der Waals surface area contributed by atoms with Crippen molar-refractivity contribution in [2.45, 2.75) is 52.4 Å². The summed E-state index contributed by atoms with van der Waals surface area (Å²) in [7, 11) is 0. The molecule has 0 aliphatic rings. The summed E-state index contributed by atoms with van der Waals surface area (Å²) >= 11 is 1.75. The van der Waals surface area contributed by atoms with Crippen LogP contribution in [0.15, 0.2) is 16.9 Å². The van der Waals surface area contributed by atoms with E-state index in [4.69, 9.17) is 0 Å². The van der Waals surface area contributed by atoms with E-state index in [1.807, 2.05) is 0 Å². The van der Waals surface area contributed by atoms with Crippen LogP contribution in [0.5, 0.6) is 0 Å². The van der Waals surface area contributed by atoms with E-state index >= 15 is 0 Å². The lowest BCUT2D eigenvalue weighted by atomic mass is 9.93. The Morgan fingerprint density at radius 3 is 1.47 bits per heavy atom. The molecule has 1 aromatic heterocycles. The van der Waals surface area contributed by atoms with E-state index in [1.54, 1.807) is 23.5 Å². The summed E-state index contributed by atoms with van der Waals surface area (Å²) in [6, 6.07) is 3.53. The van der Waals surface area contributed by atoms with Crippen LogP contribution in [-0.2, 0) is 10.8 Å². The lowest BCUT2D eigenvalue weighted by Crippen LogP contribution is -2.18. The molecule has 0 bridgehead atoms. The lowest BCUT2D eigenvalue weighted by molar-refractivity contribution is 0.592. The van der Waals surface area contributed by atoms with E-state index < -0.39 is 0 Å². The summed E-state index contributed by atoms with van der Waals surface area (Å²) < 4.78 is 0. The van der Waals surface area contributed by atoms with Crippen LogP contribution in [-0.4, -0.2) is 0 Å². The number of hydrogen-bond donors (Lipinski definition) is 0. The molecule has 1 heterocycles. The molecule has 1 aromatic rings. The van der Waals surface area contributed by atoms with Crippen LogP contribution < -0.4 is 5.43 Å². The third-order valence-corrected chi connectivity index (χ3v) is 4.15. The van der Waals surface area contributed by atoms with Gasteiger partial charge in [-0.05, 0) is 23.0 Å². The average molecular weight is 224 g/mol. The van der Waals surface area contributed by atoms with Crippen molar-refractivity contribution in [3.8, 4) is 0 Å². The van der Waals surface area contributed by atoms with Crippen LogP contribution in [0, 0.1) is 0 Å². The normalized spacial score (nSPS) is 12.9. The first-order valence-electron chi connectivity index (χ1n) is 5.27. The molecule has 1 rings (SSSR count). The Balaban J connectivity index is 3.36.